The van der Waals surface area contributed by atoms with Gasteiger partial charge >= 0.3 is 0 Å². The van der Waals surface area contributed by atoms with Gasteiger partial charge in [0.1, 0.15) is 0 Å². The van der Waals surface area contributed by atoms with Crippen LogP contribution in [0.4, 0.5) is 5.69 Å². The number of rotatable bonds is 6. The zero-order valence-electron chi connectivity index (χ0n) is 22.4. The summed E-state index contributed by atoms with van der Waals surface area (Å²) in [6.07, 6.45) is 0. The fraction of sp³-hybridized carbons (Fsp3) is 0.0270. The smallest absolute Gasteiger partial charge is 0.226 e. The Balaban J connectivity index is 1.64. The Labute approximate surface area is 235 Å². The molecule has 0 saturated carbocycles. The molecule has 3 heteroatoms. The second-order valence-corrected chi connectivity index (χ2v) is 9.66. The molecular formula is C37H29N3. The Bertz CT molecular complexity index is 1670. The van der Waals surface area contributed by atoms with Gasteiger partial charge in [0.2, 0.25) is 11.4 Å². The lowest BCUT2D eigenvalue weighted by Crippen LogP contribution is -2.35. The lowest BCUT2D eigenvalue weighted by Gasteiger charge is -2.20. The van der Waals surface area contributed by atoms with E-state index in [1.54, 1.807) is 0 Å². The van der Waals surface area contributed by atoms with Gasteiger partial charge in [0.15, 0.2) is 0 Å². The fourth-order valence-corrected chi connectivity index (χ4v) is 4.69. The summed E-state index contributed by atoms with van der Waals surface area (Å²) in [4.78, 5) is 0. The van der Waals surface area contributed by atoms with E-state index in [-0.39, 0.29) is 0 Å². The quantitative estimate of drug-likeness (QED) is 0.120. The average molecular weight is 516 g/mol. The van der Waals surface area contributed by atoms with Crippen molar-refractivity contribution in [3.05, 3.63) is 174 Å². The molecular weight excluding hydrogens is 486 g/mol. The molecule has 6 rings (SSSR count). The molecule has 0 atom stereocenters. The van der Waals surface area contributed by atoms with Crippen LogP contribution in [0.15, 0.2) is 163 Å². The topological polar surface area (TPSA) is 30.3 Å². The van der Waals surface area contributed by atoms with Crippen LogP contribution in [-0.4, -0.2) is 5.84 Å². The first-order valence-electron chi connectivity index (χ1n) is 13.4. The maximum Gasteiger partial charge on any atom is 0.226 e. The number of nitrogens with zero attached hydrogens (tertiary/aromatic N) is 3. The molecule has 0 spiro atoms. The molecule has 0 bridgehead atoms. The van der Waals surface area contributed by atoms with Crippen LogP contribution in [0.25, 0.3) is 39.0 Å². The Kier molecular flexibility index (Phi) is 7.27. The lowest BCUT2D eigenvalue weighted by atomic mass is 10.00. The molecule has 40 heavy (non-hydrogen) atoms. The van der Waals surface area contributed by atoms with E-state index in [2.05, 4.69) is 116 Å². The molecule has 1 aromatic heterocycles. The summed E-state index contributed by atoms with van der Waals surface area (Å²) in [5.41, 5.74) is 9.38. The van der Waals surface area contributed by atoms with Crippen molar-refractivity contribution in [2.45, 2.75) is 6.92 Å². The second-order valence-electron chi connectivity index (χ2n) is 9.66. The van der Waals surface area contributed by atoms with E-state index in [4.69, 9.17) is 10.4 Å². The SMILES string of the molecule is Cc1ccc([N-]C(=N[n+]2c(-c3ccccc3)cc(-c3ccccc3)cc2-c2ccccc2)c2ccccc2)cc1. The molecule has 1 heterocycles. The molecule has 3 nitrogen and oxygen atoms in total. The van der Waals surface area contributed by atoms with Crippen molar-refractivity contribution in [2.75, 3.05) is 0 Å². The number of hydrogen-bond acceptors (Lipinski definition) is 1. The van der Waals surface area contributed by atoms with E-state index in [9.17, 15) is 0 Å². The highest BCUT2D eigenvalue weighted by molar-refractivity contribution is 6.12. The monoisotopic (exact) mass is 515 g/mol. The Morgan fingerprint density at radius 1 is 0.500 bits per heavy atom. The first-order chi connectivity index (χ1) is 19.7. The van der Waals surface area contributed by atoms with Gasteiger partial charge < -0.3 is 5.32 Å². The Hall–Kier alpha value is -5.28. The van der Waals surface area contributed by atoms with Gasteiger partial charge in [-0.05, 0) is 53.6 Å². The minimum Gasteiger partial charge on any atom is -0.431 e. The number of pyridine rings is 1. The molecule has 0 aliphatic carbocycles. The van der Waals surface area contributed by atoms with E-state index in [1.165, 1.54) is 5.56 Å². The van der Waals surface area contributed by atoms with Crippen molar-refractivity contribution >= 4 is 11.5 Å². The molecule has 5 aromatic carbocycles. The summed E-state index contributed by atoms with van der Waals surface area (Å²) in [5, 5.41) is 10.3. The zero-order valence-corrected chi connectivity index (χ0v) is 22.4. The van der Waals surface area contributed by atoms with Crippen molar-refractivity contribution in [1.82, 2.24) is 0 Å². The molecule has 0 aliphatic heterocycles. The third kappa shape index (κ3) is 5.59. The number of hydrogen-bond donors (Lipinski definition) is 0. The Morgan fingerprint density at radius 3 is 1.45 bits per heavy atom. The summed E-state index contributed by atoms with van der Waals surface area (Å²) in [6, 6.07) is 54.2. The van der Waals surface area contributed by atoms with Crippen molar-refractivity contribution in [3.8, 4) is 33.6 Å². The normalized spacial score (nSPS) is 11.3. The highest BCUT2D eigenvalue weighted by Crippen LogP contribution is 2.30. The van der Waals surface area contributed by atoms with E-state index < -0.39 is 0 Å². The van der Waals surface area contributed by atoms with Gasteiger partial charge in [-0.1, -0.05) is 127 Å². The molecule has 0 N–H and O–H groups in total. The number of amidine groups is 1. The van der Waals surface area contributed by atoms with Crippen LogP contribution < -0.4 is 4.68 Å². The number of aryl methyl sites for hydroxylation is 1. The molecule has 0 saturated heterocycles. The largest absolute Gasteiger partial charge is 0.431 e. The summed E-state index contributed by atoms with van der Waals surface area (Å²) in [5.74, 6) is 0.635. The average Bonchev–Trinajstić information content (AvgIpc) is 3.03. The van der Waals surface area contributed by atoms with Gasteiger partial charge in [-0.3, -0.25) is 0 Å². The minimum absolute atomic E-state index is 0.635. The van der Waals surface area contributed by atoms with E-state index in [0.29, 0.717) is 5.84 Å². The molecule has 0 aliphatic rings. The van der Waals surface area contributed by atoms with Crippen molar-refractivity contribution < 1.29 is 4.68 Å². The van der Waals surface area contributed by atoms with Gasteiger partial charge in [-0.25, -0.2) is 0 Å². The third-order valence-electron chi connectivity index (χ3n) is 6.78. The van der Waals surface area contributed by atoms with Gasteiger partial charge in [0.25, 0.3) is 0 Å². The van der Waals surface area contributed by atoms with Crippen LogP contribution in [0.2, 0.25) is 0 Å². The van der Waals surface area contributed by atoms with Crippen LogP contribution in [-0.2, 0) is 0 Å². The van der Waals surface area contributed by atoms with Crippen molar-refractivity contribution in [2.24, 2.45) is 5.10 Å². The van der Waals surface area contributed by atoms with Gasteiger partial charge in [0.05, 0.1) is 0 Å². The van der Waals surface area contributed by atoms with Crippen LogP contribution in [0.1, 0.15) is 11.1 Å². The predicted octanol–water partition coefficient (Wildman–Crippen LogP) is 9.20. The van der Waals surface area contributed by atoms with Gasteiger partial charge in [0, 0.05) is 29.1 Å². The second kappa shape index (κ2) is 11.6. The third-order valence-corrected chi connectivity index (χ3v) is 6.78. The zero-order chi connectivity index (χ0) is 27.1. The van der Waals surface area contributed by atoms with E-state index >= 15 is 0 Å². The fourth-order valence-electron chi connectivity index (χ4n) is 4.69. The molecule has 0 fully saturated rings. The summed E-state index contributed by atoms with van der Waals surface area (Å²) in [6.45, 7) is 2.08. The summed E-state index contributed by atoms with van der Waals surface area (Å²) < 4.78 is 2.04. The number of aromatic nitrogens is 1. The highest BCUT2D eigenvalue weighted by Gasteiger charge is 2.21. The maximum atomic E-state index is 5.30. The van der Waals surface area contributed by atoms with Crippen LogP contribution in [0.3, 0.4) is 0 Å². The highest BCUT2D eigenvalue weighted by atomic mass is 15.4. The maximum absolute atomic E-state index is 5.30. The first-order valence-corrected chi connectivity index (χ1v) is 13.4. The van der Waals surface area contributed by atoms with E-state index in [1.807, 2.05) is 53.2 Å². The van der Waals surface area contributed by atoms with Crippen molar-refractivity contribution in [3.63, 3.8) is 0 Å². The lowest BCUT2D eigenvalue weighted by molar-refractivity contribution is -0.656. The number of benzene rings is 5. The standard InChI is InChI=1S/C37H29N3/c1-28-22-24-34(25-23-28)38-37(32-20-12-5-13-21-32)39-40-35(30-16-8-3-9-17-30)26-33(29-14-6-2-7-15-29)27-36(40)31-18-10-4-11-19-31/h2-27H,1H3. The molecule has 0 radical (unpaired) electrons. The van der Waals surface area contributed by atoms with Crippen LogP contribution in [0.5, 0.6) is 0 Å². The first kappa shape index (κ1) is 25.0. The summed E-state index contributed by atoms with van der Waals surface area (Å²) >= 11 is 0. The molecule has 192 valence electrons. The molecule has 6 aromatic rings. The molecule has 0 unspecified atom stereocenters. The van der Waals surface area contributed by atoms with Gasteiger partial charge in [-0.2, -0.15) is 5.10 Å². The summed E-state index contributed by atoms with van der Waals surface area (Å²) in [7, 11) is 0. The minimum atomic E-state index is 0.635. The predicted molar refractivity (Wildman–Crippen MR) is 166 cm³/mol. The molecule has 0 amide bonds. The van der Waals surface area contributed by atoms with Crippen LogP contribution in [0, 0.1) is 6.92 Å². The van der Waals surface area contributed by atoms with Crippen molar-refractivity contribution in [1.29, 1.82) is 0 Å². The van der Waals surface area contributed by atoms with Crippen LogP contribution >= 0.6 is 0 Å². The van der Waals surface area contributed by atoms with Gasteiger partial charge in [-0.15, -0.1) is 4.68 Å². The Morgan fingerprint density at radius 2 is 0.950 bits per heavy atom. The van der Waals surface area contributed by atoms with E-state index in [0.717, 1.165) is 44.9 Å².